The van der Waals surface area contributed by atoms with Crippen molar-refractivity contribution in [3.63, 3.8) is 0 Å². The van der Waals surface area contributed by atoms with Crippen LogP contribution in [0.2, 0.25) is 5.02 Å². The van der Waals surface area contributed by atoms with Crippen LogP contribution >= 0.6 is 11.6 Å². The minimum Gasteiger partial charge on any atom is -0.360 e. The Hall–Kier alpha value is -1.28. The fourth-order valence-electron chi connectivity index (χ4n) is 2.38. The van der Waals surface area contributed by atoms with Gasteiger partial charge in [0.05, 0.1) is 5.02 Å². The van der Waals surface area contributed by atoms with Crippen LogP contribution in [0, 0.1) is 0 Å². The topological polar surface area (TPSA) is 32.9 Å². The van der Waals surface area contributed by atoms with Crippen LogP contribution in [0.3, 0.4) is 0 Å². The first-order chi connectivity index (χ1) is 9.24. The van der Waals surface area contributed by atoms with Crippen molar-refractivity contribution in [1.82, 2.24) is 4.98 Å². The van der Waals surface area contributed by atoms with E-state index in [-0.39, 0.29) is 5.78 Å². The number of aromatic nitrogens is 1. The molecule has 0 radical (unpaired) electrons. The summed E-state index contributed by atoms with van der Waals surface area (Å²) in [5.74, 6) is 0.191. The molecule has 0 spiro atoms. The lowest BCUT2D eigenvalue weighted by Crippen LogP contribution is -1.98. The Morgan fingerprint density at radius 3 is 2.79 bits per heavy atom. The molecular formula is C16H20ClNO. The predicted octanol–water partition coefficient (Wildman–Crippen LogP) is 5.36. The van der Waals surface area contributed by atoms with Crippen LogP contribution < -0.4 is 0 Å². The number of H-pyrrole nitrogens is 1. The van der Waals surface area contributed by atoms with E-state index in [1.54, 1.807) is 6.20 Å². The maximum absolute atomic E-state index is 12.2. The molecule has 1 N–H and O–H groups in total. The zero-order valence-corrected chi connectivity index (χ0v) is 12.1. The van der Waals surface area contributed by atoms with Gasteiger partial charge in [0, 0.05) is 29.1 Å². The van der Waals surface area contributed by atoms with E-state index in [0.717, 1.165) is 29.3 Å². The number of ketones is 1. The van der Waals surface area contributed by atoms with Crippen molar-refractivity contribution in [3.05, 3.63) is 35.0 Å². The Labute approximate surface area is 119 Å². The number of rotatable bonds is 7. The summed E-state index contributed by atoms with van der Waals surface area (Å²) in [5.41, 5.74) is 1.66. The molecule has 0 unspecified atom stereocenters. The van der Waals surface area contributed by atoms with Crippen LogP contribution in [0.4, 0.5) is 0 Å². The lowest BCUT2D eigenvalue weighted by Gasteiger charge is -2.01. The minimum atomic E-state index is 0.191. The summed E-state index contributed by atoms with van der Waals surface area (Å²) >= 11 is 6.18. The van der Waals surface area contributed by atoms with Crippen molar-refractivity contribution >= 4 is 28.3 Å². The highest BCUT2D eigenvalue weighted by molar-refractivity contribution is 6.36. The Bertz CT molecular complexity index is 559. The van der Waals surface area contributed by atoms with E-state index < -0.39 is 0 Å². The Morgan fingerprint density at radius 1 is 1.21 bits per heavy atom. The molecule has 0 bridgehead atoms. The second kappa shape index (κ2) is 6.76. The van der Waals surface area contributed by atoms with E-state index in [1.807, 2.05) is 18.2 Å². The highest BCUT2D eigenvalue weighted by atomic mass is 35.5. The zero-order valence-electron chi connectivity index (χ0n) is 11.3. The normalized spacial score (nSPS) is 11.1. The van der Waals surface area contributed by atoms with E-state index in [9.17, 15) is 4.79 Å². The summed E-state index contributed by atoms with van der Waals surface area (Å²) in [6.45, 7) is 2.19. The molecule has 0 saturated carbocycles. The van der Waals surface area contributed by atoms with Gasteiger partial charge < -0.3 is 4.98 Å². The minimum absolute atomic E-state index is 0.191. The molecule has 0 atom stereocenters. The van der Waals surface area contributed by atoms with Gasteiger partial charge in [-0.1, -0.05) is 50.3 Å². The molecule has 0 aliphatic heterocycles. The van der Waals surface area contributed by atoms with Crippen molar-refractivity contribution in [2.24, 2.45) is 0 Å². The second-order valence-corrected chi connectivity index (χ2v) is 5.36. The maximum Gasteiger partial charge on any atom is 0.165 e. The lowest BCUT2D eigenvalue weighted by molar-refractivity contribution is 0.0980. The van der Waals surface area contributed by atoms with Crippen molar-refractivity contribution < 1.29 is 4.79 Å². The number of benzene rings is 1. The van der Waals surface area contributed by atoms with Crippen LogP contribution in [-0.4, -0.2) is 10.8 Å². The van der Waals surface area contributed by atoms with Crippen molar-refractivity contribution in [2.75, 3.05) is 0 Å². The molecule has 1 aromatic heterocycles. The third kappa shape index (κ3) is 3.38. The first-order valence-electron chi connectivity index (χ1n) is 7.03. The fraction of sp³-hybridized carbons (Fsp3) is 0.438. The first-order valence-corrected chi connectivity index (χ1v) is 7.40. The fourth-order valence-corrected chi connectivity index (χ4v) is 2.66. The summed E-state index contributed by atoms with van der Waals surface area (Å²) in [6, 6.07) is 5.66. The maximum atomic E-state index is 12.2. The molecule has 0 fully saturated rings. The quantitative estimate of drug-likeness (QED) is 0.536. The summed E-state index contributed by atoms with van der Waals surface area (Å²) in [7, 11) is 0. The Kier molecular flexibility index (Phi) is 5.03. The SMILES string of the molecule is CCCCCCCC(=O)c1c[nH]c2cccc(Cl)c12. The average molecular weight is 278 g/mol. The van der Waals surface area contributed by atoms with E-state index in [0.29, 0.717) is 11.4 Å². The van der Waals surface area contributed by atoms with Crippen LogP contribution in [0.25, 0.3) is 10.9 Å². The molecule has 0 aliphatic rings. The molecule has 0 saturated heterocycles. The summed E-state index contributed by atoms with van der Waals surface area (Å²) in [5, 5.41) is 1.51. The third-order valence-electron chi connectivity index (χ3n) is 3.46. The number of hydrogen-bond donors (Lipinski definition) is 1. The number of halogens is 1. The number of Topliss-reactive ketones (excluding diaryl/α,β-unsaturated/α-hetero) is 1. The molecule has 1 aromatic carbocycles. The van der Waals surface area contributed by atoms with Gasteiger partial charge in [-0.25, -0.2) is 0 Å². The molecule has 0 aliphatic carbocycles. The van der Waals surface area contributed by atoms with Gasteiger partial charge >= 0.3 is 0 Å². The van der Waals surface area contributed by atoms with Gasteiger partial charge in [-0.3, -0.25) is 4.79 Å². The van der Waals surface area contributed by atoms with Gasteiger partial charge in [0.25, 0.3) is 0 Å². The average Bonchev–Trinajstić information content (AvgIpc) is 2.84. The molecular weight excluding hydrogens is 258 g/mol. The van der Waals surface area contributed by atoms with Gasteiger partial charge in [-0.15, -0.1) is 0 Å². The van der Waals surface area contributed by atoms with Gasteiger partial charge in [0.2, 0.25) is 0 Å². The molecule has 2 aromatic rings. The number of fused-ring (bicyclic) bond motifs is 1. The molecule has 2 nitrogen and oxygen atoms in total. The van der Waals surface area contributed by atoms with Gasteiger partial charge in [0.15, 0.2) is 5.78 Å². The van der Waals surface area contributed by atoms with Crippen LogP contribution in [0.5, 0.6) is 0 Å². The highest BCUT2D eigenvalue weighted by Crippen LogP contribution is 2.27. The lowest BCUT2D eigenvalue weighted by atomic mass is 10.0. The molecule has 2 rings (SSSR count). The van der Waals surface area contributed by atoms with Crippen molar-refractivity contribution in [2.45, 2.75) is 45.4 Å². The van der Waals surface area contributed by atoms with E-state index in [4.69, 9.17) is 11.6 Å². The van der Waals surface area contributed by atoms with E-state index in [2.05, 4.69) is 11.9 Å². The van der Waals surface area contributed by atoms with Gasteiger partial charge in [0.1, 0.15) is 0 Å². The standard InChI is InChI=1S/C16H20ClNO/c1-2-3-4-5-6-10-15(19)12-11-18-14-9-7-8-13(17)16(12)14/h7-9,11,18H,2-6,10H2,1H3. The number of unbranched alkanes of at least 4 members (excludes halogenated alkanes) is 4. The number of nitrogens with one attached hydrogen (secondary N) is 1. The van der Waals surface area contributed by atoms with Gasteiger partial charge in [-0.2, -0.15) is 0 Å². The highest BCUT2D eigenvalue weighted by Gasteiger charge is 2.13. The second-order valence-electron chi connectivity index (χ2n) is 4.95. The monoisotopic (exact) mass is 277 g/mol. The zero-order chi connectivity index (χ0) is 13.7. The Morgan fingerprint density at radius 2 is 2.00 bits per heavy atom. The largest absolute Gasteiger partial charge is 0.360 e. The molecule has 3 heteroatoms. The van der Waals surface area contributed by atoms with E-state index in [1.165, 1.54) is 19.3 Å². The Balaban J connectivity index is 2.01. The van der Waals surface area contributed by atoms with Crippen LogP contribution in [0.1, 0.15) is 55.8 Å². The van der Waals surface area contributed by atoms with Crippen molar-refractivity contribution in [3.8, 4) is 0 Å². The number of aromatic amines is 1. The number of carbonyl (C=O) groups excluding carboxylic acids is 1. The van der Waals surface area contributed by atoms with Crippen molar-refractivity contribution in [1.29, 1.82) is 0 Å². The summed E-state index contributed by atoms with van der Waals surface area (Å²) < 4.78 is 0. The summed E-state index contributed by atoms with van der Waals surface area (Å²) in [4.78, 5) is 15.3. The van der Waals surface area contributed by atoms with E-state index >= 15 is 0 Å². The van der Waals surface area contributed by atoms with Gasteiger partial charge in [-0.05, 0) is 18.6 Å². The molecule has 19 heavy (non-hydrogen) atoms. The molecule has 1 heterocycles. The molecule has 102 valence electrons. The number of carbonyl (C=O) groups is 1. The molecule has 0 amide bonds. The first kappa shape index (κ1) is 14.1. The van der Waals surface area contributed by atoms with Crippen LogP contribution in [0.15, 0.2) is 24.4 Å². The smallest absolute Gasteiger partial charge is 0.165 e. The van der Waals surface area contributed by atoms with Crippen LogP contribution in [-0.2, 0) is 0 Å². The number of hydrogen-bond acceptors (Lipinski definition) is 1. The summed E-state index contributed by atoms with van der Waals surface area (Å²) in [6.07, 6.45) is 8.20. The third-order valence-corrected chi connectivity index (χ3v) is 3.78. The predicted molar refractivity (Wildman–Crippen MR) is 81.0 cm³/mol.